The standard InChI is InChI=1S/C54H86O6/c1-4-7-10-13-16-19-22-25-26-27-30-32-35-38-41-44-47-53(56)59-50-51(60-54(57)48-45-42-39-36-33-29-24-21-18-15-12-9-6-3)49-58-52(55)46-43-40-37-34-31-28-23-20-17-14-11-8-5-2/h7,9-10,12,15-16,18-19,21,24-26,28,30-32,37,40,51H,4-6,8,11,13-14,17,20,22-23,27,29,33-36,38-39,41-50H2,1-3H3/b10-7+,12-9+,18-15+,19-16+,24-21+,26-25+,31-28+,32-30+,40-37+. The van der Waals surface area contributed by atoms with Crippen LogP contribution < -0.4 is 0 Å². The van der Waals surface area contributed by atoms with Crippen molar-refractivity contribution in [1.29, 1.82) is 0 Å². The topological polar surface area (TPSA) is 78.9 Å². The normalized spacial score (nSPS) is 13.1. The summed E-state index contributed by atoms with van der Waals surface area (Å²) in [5, 5.41) is 0. The van der Waals surface area contributed by atoms with Gasteiger partial charge in [-0.25, -0.2) is 0 Å². The molecule has 60 heavy (non-hydrogen) atoms. The summed E-state index contributed by atoms with van der Waals surface area (Å²) in [5.74, 6) is -1.05. The van der Waals surface area contributed by atoms with E-state index in [2.05, 4.69) is 118 Å². The molecule has 1 unspecified atom stereocenters. The predicted molar refractivity (Wildman–Crippen MR) is 256 cm³/mol. The summed E-state index contributed by atoms with van der Waals surface area (Å²) in [7, 11) is 0. The largest absolute Gasteiger partial charge is 0.462 e. The zero-order chi connectivity index (χ0) is 43.7. The lowest BCUT2D eigenvalue weighted by Gasteiger charge is -2.18. The maximum atomic E-state index is 12.7. The Morgan fingerprint density at radius 2 is 0.767 bits per heavy atom. The molecule has 6 nitrogen and oxygen atoms in total. The molecule has 0 aromatic carbocycles. The Kier molecular flexibility index (Phi) is 44.6. The predicted octanol–water partition coefficient (Wildman–Crippen LogP) is 15.6. The molecule has 338 valence electrons. The van der Waals surface area contributed by atoms with E-state index in [1.165, 1.54) is 38.5 Å². The molecule has 0 radical (unpaired) electrons. The molecule has 0 heterocycles. The highest BCUT2D eigenvalue weighted by Gasteiger charge is 2.19. The van der Waals surface area contributed by atoms with Crippen LogP contribution >= 0.6 is 0 Å². The number of esters is 3. The number of rotatable bonds is 41. The number of hydrogen-bond acceptors (Lipinski definition) is 6. The molecule has 0 aromatic heterocycles. The summed E-state index contributed by atoms with van der Waals surface area (Å²) in [5.41, 5.74) is 0. The fraction of sp³-hybridized carbons (Fsp3) is 0.611. The zero-order valence-corrected chi connectivity index (χ0v) is 38.4. The van der Waals surface area contributed by atoms with Crippen molar-refractivity contribution in [2.75, 3.05) is 13.2 Å². The lowest BCUT2D eigenvalue weighted by atomic mass is 10.1. The summed E-state index contributed by atoms with van der Waals surface area (Å²) in [6.07, 6.45) is 63.7. The van der Waals surface area contributed by atoms with E-state index in [0.717, 1.165) is 109 Å². The van der Waals surface area contributed by atoms with Crippen molar-refractivity contribution in [2.45, 2.75) is 200 Å². The molecule has 0 N–H and O–H groups in total. The first-order valence-electron chi connectivity index (χ1n) is 23.9. The van der Waals surface area contributed by atoms with Crippen LogP contribution in [0, 0.1) is 0 Å². The third kappa shape index (κ3) is 45.2. The Bertz CT molecular complexity index is 1280. The molecule has 1 atom stereocenters. The molecule has 0 saturated heterocycles. The van der Waals surface area contributed by atoms with E-state index in [1.54, 1.807) is 0 Å². The van der Waals surface area contributed by atoms with Gasteiger partial charge in [-0.15, -0.1) is 0 Å². The first kappa shape index (κ1) is 56.1. The molecule has 6 heteroatoms. The van der Waals surface area contributed by atoms with E-state index in [0.29, 0.717) is 12.8 Å². The van der Waals surface area contributed by atoms with Crippen molar-refractivity contribution in [2.24, 2.45) is 0 Å². The summed E-state index contributed by atoms with van der Waals surface area (Å²) >= 11 is 0. The van der Waals surface area contributed by atoms with Gasteiger partial charge in [0.2, 0.25) is 0 Å². The van der Waals surface area contributed by atoms with Gasteiger partial charge in [0.05, 0.1) is 0 Å². The average molecular weight is 831 g/mol. The molecule has 0 amide bonds. The average Bonchev–Trinajstić information content (AvgIpc) is 3.24. The number of ether oxygens (including phenoxy) is 3. The first-order chi connectivity index (χ1) is 29.5. The fourth-order valence-corrected chi connectivity index (χ4v) is 6.01. The molecule has 0 aliphatic heterocycles. The van der Waals surface area contributed by atoms with E-state index in [-0.39, 0.29) is 44.0 Å². The van der Waals surface area contributed by atoms with Crippen LogP contribution in [0.25, 0.3) is 0 Å². The van der Waals surface area contributed by atoms with Crippen molar-refractivity contribution < 1.29 is 28.6 Å². The van der Waals surface area contributed by atoms with E-state index >= 15 is 0 Å². The third-order valence-corrected chi connectivity index (χ3v) is 9.57. The molecule has 0 spiro atoms. The minimum atomic E-state index is -0.825. The van der Waals surface area contributed by atoms with E-state index in [4.69, 9.17) is 14.2 Å². The summed E-state index contributed by atoms with van der Waals surface area (Å²) in [6.45, 7) is 6.26. The number of hydrogen-bond donors (Lipinski definition) is 0. The van der Waals surface area contributed by atoms with Crippen LogP contribution in [0.3, 0.4) is 0 Å². The highest BCUT2D eigenvalue weighted by atomic mass is 16.6. The van der Waals surface area contributed by atoms with Crippen LogP contribution in [0.4, 0.5) is 0 Å². The second-order valence-corrected chi connectivity index (χ2v) is 15.3. The Balaban J connectivity index is 4.55. The highest BCUT2D eigenvalue weighted by molar-refractivity contribution is 5.71. The minimum absolute atomic E-state index is 0.123. The Morgan fingerprint density at radius 1 is 0.367 bits per heavy atom. The van der Waals surface area contributed by atoms with Gasteiger partial charge in [0.1, 0.15) is 13.2 Å². The van der Waals surface area contributed by atoms with Gasteiger partial charge in [-0.05, 0) is 96.3 Å². The van der Waals surface area contributed by atoms with Gasteiger partial charge in [-0.1, -0.05) is 188 Å². The van der Waals surface area contributed by atoms with Gasteiger partial charge < -0.3 is 14.2 Å². The molecule has 0 aliphatic carbocycles. The molecule has 0 fully saturated rings. The maximum Gasteiger partial charge on any atom is 0.306 e. The molecule has 0 saturated carbocycles. The van der Waals surface area contributed by atoms with Gasteiger partial charge in [-0.2, -0.15) is 0 Å². The fourth-order valence-electron chi connectivity index (χ4n) is 6.01. The van der Waals surface area contributed by atoms with Crippen LogP contribution in [0.2, 0.25) is 0 Å². The second-order valence-electron chi connectivity index (χ2n) is 15.3. The zero-order valence-electron chi connectivity index (χ0n) is 38.4. The van der Waals surface area contributed by atoms with Gasteiger partial charge in [0.15, 0.2) is 6.10 Å². The van der Waals surface area contributed by atoms with E-state index in [1.807, 2.05) is 12.2 Å². The first-order valence-corrected chi connectivity index (χ1v) is 23.9. The quantitative estimate of drug-likeness (QED) is 0.0201. The molecule has 0 bridgehead atoms. The maximum absolute atomic E-state index is 12.7. The van der Waals surface area contributed by atoms with E-state index in [9.17, 15) is 14.4 Å². The molecular weight excluding hydrogens is 745 g/mol. The van der Waals surface area contributed by atoms with Crippen LogP contribution in [0.1, 0.15) is 194 Å². The molecule has 0 aromatic rings. The monoisotopic (exact) mass is 831 g/mol. The SMILES string of the molecule is CC/C=C/C=C/C=C/CCCCCCCC(=O)OC(COC(=O)CC/C=C/C/C=C/CCCCCCCC)COC(=O)CCCCC/C=C/C/C=C/C/C=C/C/C=C/CC. The molecule has 0 aliphatic rings. The summed E-state index contributed by atoms with van der Waals surface area (Å²) < 4.78 is 16.6. The minimum Gasteiger partial charge on any atom is -0.462 e. The smallest absolute Gasteiger partial charge is 0.306 e. The van der Waals surface area contributed by atoms with Crippen LogP contribution in [-0.4, -0.2) is 37.2 Å². The number of carbonyl (C=O) groups excluding carboxylic acids is 3. The van der Waals surface area contributed by atoms with Crippen LogP contribution in [0.5, 0.6) is 0 Å². The van der Waals surface area contributed by atoms with Crippen molar-refractivity contribution in [1.82, 2.24) is 0 Å². The van der Waals surface area contributed by atoms with E-state index < -0.39 is 6.10 Å². The number of carbonyl (C=O) groups is 3. The van der Waals surface area contributed by atoms with Crippen molar-refractivity contribution in [3.05, 3.63) is 109 Å². The Morgan fingerprint density at radius 3 is 1.32 bits per heavy atom. The highest BCUT2D eigenvalue weighted by Crippen LogP contribution is 2.12. The lowest BCUT2D eigenvalue weighted by Crippen LogP contribution is -2.30. The van der Waals surface area contributed by atoms with Crippen LogP contribution in [-0.2, 0) is 28.6 Å². The third-order valence-electron chi connectivity index (χ3n) is 9.57. The van der Waals surface area contributed by atoms with Crippen LogP contribution in [0.15, 0.2) is 109 Å². The van der Waals surface area contributed by atoms with Gasteiger partial charge >= 0.3 is 17.9 Å². The number of allylic oxidation sites excluding steroid dienone is 18. The van der Waals surface area contributed by atoms with Crippen molar-refractivity contribution >= 4 is 17.9 Å². The van der Waals surface area contributed by atoms with Crippen molar-refractivity contribution in [3.8, 4) is 0 Å². The molecule has 0 rings (SSSR count). The Hall–Kier alpha value is -3.93. The molecular formula is C54H86O6. The number of unbranched alkanes of at least 4 members (excludes halogenated alkanes) is 14. The van der Waals surface area contributed by atoms with Gasteiger partial charge in [0.25, 0.3) is 0 Å². The van der Waals surface area contributed by atoms with Gasteiger partial charge in [-0.3, -0.25) is 14.4 Å². The lowest BCUT2D eigenvalue weighted by molar-refractivity contribution is -0.166. The van der Waals surface area contributed by atoms with Crippen molar-refractivity contribution in [3.63, 3.8) is 0 Å². The Labute approximate surface area is 368 Å². The second kappa shape index (κ2) is 47.7. The van der Waals surface area contributed by atoms with Gasteiger partial charge in [0, 0.05) is 19.3 Å². The summed E-state index contributed by atoms with van der Waals surface area (Å²) in [4.78, 5) is 37.8. The summed E-state index contributed by atoms with van der Waals surface area (Å²) in [6, 6.07) is 0.